The molecule has 0 nitrogen and oxygen atoms in total. The molecule has 0 saturated carbocycles. The minimum Gasteiger partial charge on any atom is -0.358 e. The van der Waals surface area contributed by atoms with Gasteiger partial charge in [0, 0.05) is 32.7 Å². The van der Waals surface area contributed by atoms with Crippen molar-refractivity contribution in [1.29, 1.82) is 0 Å². The maximum atomic E-state index is 2.89. The van der Waals surface area contributed by atoms with Crippen molar-refractivity contribution < 1.29 is 32.7 Å². The molecule has 0 heterocycles. The fourth-order valence-corrected chi connectivity index (χ4v) is 0.876. The van der Waals surface area contributed by atoms with Gasteiger partial charge in [0.15, 0.2) is 0 Å². The van der Waals surface area contributed by atoms with Crippen LogP contribution in [0.2, 0.25) is 0 Å². The molecule has 0 saturated heterocycles. The van der Waals surface area contributed by atoms with Crippen LogP contribution in [0.15, 0.2) is 60.7 Å². The summed E-state index contributed by atoms with van der Waals surface area (Å²) in [6.07, 6.45) is 0. The molecular weight excluding hydrogens is 305 g/mol. The summed E-state index contributed by atoms with van der Waals surface area (Å²) >= 11 is 0. The molecule has 0 aliphatic heterocycles. The van der Waals surface area contributed by atoms with Crippen molar-refractivity contribution in [2.24, 2.45) is 0 Å². The first-order valence-electron chi connectivity index (χ1n) is 6.32. The van der Waals surface area contributed by atoms with E-state index in [-0.39, 0.29) is 40.1 Å². The van der Waals surface area contributed by atoms with E-state index in [4.69, 9.17) is 0 Å². The van der Waals surface area contributed by atoms with Crippen LogP contribution in [0, 0.1) is 20.4 Å². The Labute approximate surface area is 146 Å². The van der Waals surface area contributed by atoms with Gasteiger partial charge in [0.05, 0.1) is 0 Å². The van der Waals surface area contributed by atoms with Crippen molar-refractivity contribution in [3.8, 4) is 0 Å². The fourth-order valence-electron chi connectivity index (χ4n) is 0.876. The zero-order valence-corrected chi connectivity index (χ0v) is 16.2. The molecule has 2 aromatic carbocycles. The summed E-state index contributed by atoms with van der Waals surface area (Å²) in [5.41, 5.74) is 1.32. The van der Waals surface area contributed by atoms with E-state index in [1.807, 2.05) is 76.2 Å². The van der Waals surface area contributed by atoms with Crippen molar-refractivity contribution in [2.75, 3.05) is 0 Å². The zero-order valence-electron chi connectivity index (χ0n) is 13.4. The van der Waals surface area contributed by atoms with Crippen molar-refractivity contribution in [2.45, 2.75) is 34.6 Å². The summed E-state index contributed by atoms with van der Waals surface area (Å²) in [6.45, 7) is 10.1. The quantitative estimate of drug-likeness (QED) is 0.520. The molecule has 19 heavy (non-hydrogen) atoms. The second-order valence-corrected chi connectivity index (χ2v) is 2.73. The first-order chi connectivity index (χ1) is 8.39. The Morgan fingerprint density at radius 1 is 0.684 bits per heavy atom. The van der Waals surface area contributed by atoms with Gasteiger partial charge >= 0.3 is 0 Å². The molecule has 1 heteroatoms. The molecule has 0 aromatic heterocycles. The van der Waals surface area contributed by atoms with E-state index in [9.17, 15) is 0 Å². The Hall–Kier alpha value is -0.456. The summed E-state index contributed by atoms with van der Waals surface area (Å²) in [4.78, 5) is 0. The number of hydrogen-bond acceptors (Lipinski definition) is 0. The summed E-state index contributed by atoms with van der Waals surface area (Å²) in [6, 6.07) is 22.8. The summed E-state index contributed by atoms with van der Waals surface area (Å²) < 4.78 is 0. The molecule has 2 rings (SSSR count). The summed E-state index contributed by atoms with van der Waals surface area (Å²) in [5.74, 6) is 0. The van der Waals surface area contributed by atoms with Gasteiger partial charge in [0.25, 0.3) is 0 Å². The van der Waals surface area contributed by atoms with Gasteiger partial charge in [-0.1, -0.05) is 63.6 Å². The topological polar surface area (TPSA) is 0 Å². The Balaban J connectivity index is -0.0000000872. The van der Waals surface area contributed by atoms with Crippen LogP contribution < -0.4 is 0 Å². The molecule has 0 N–H and O–H groups in total. The van der Waals surface area contributed by atoms with Crippen molar-refractivity contribution in [3.63, 3.8) is 0 Å². The van der Waals surface area contributed by atoms with E-state index in [0.717, 1.165) is 0 Å². The largest absolute Gasteiger partial charge is 0.358 e. The molecule has 0 amide bonds. The van der Waals surface area contributed by atoms with Gasteiger partial charge in [-0.15, -0.1) is 0 Å². The smallest absolute Gasteiger partial charge is 0 e. The first kappa shape index (κ1) is 27.0. The van der Waals surface area contributed by atoms with Gasteiger partial charge < -0.3 is 7.43 Å². The van der Waals surface area contributed by atoms with Gasteiger partial charge in [0.2, 0.25) is 0 Å². The normalized spacial score (nSPS) is 6.37. The number of hydrogen-bond donors (Lipinski definition) is 0. The van der Waals surface area contributed by atoms with Crippen LogP contribution >= 0.6 is 0 Å². The van der Waals surface area contributed by atoms with Crippen molar-refractivity contribution in [3.05, 3.63) is 79.7 Å². The first-order valence-corrected chi connectivity index (χ1v) is 6.32. The van der Waals surface area contributed by atoms with Gasteiger partial charge in [-0.25, -0.2) is 0 Å². The van der Waals surface area contributed by atoms with E-state index in [1.54, 1.807) is 0 Å². The molecule has 0 spiro atoms. The van der Waals surface area contributed by atoms with Crippen LogP contribution in [0.1, 0.15) is 33.3 Å². The molecule has 1 radical (unpaired) electrons. The standard InChI is InChI=1S/C7H8.C6H5.2C2H6.CH3.Y/c1-7-5-3-2-4-6-7;1-2-4-6-5-3-1;2*1-2;;/h2-6H,1H3;1-5H;2*1-2H3;1H3;/q;-1;;;-1;. The third kappa shape index (κ3) is 23.1. The molecule has 0 unspecified atom stereocenters. The predicted molar refractivity (Wildman–Crippen MR) is 85.6 cm³/mol. The van der Waals surface area contributed by atoms with Gasteiger partial charge in [-0.05, 0) is 6.92 Å². The molecule has 0 bridgehead atoms. The van der Waals surface area contributed by atoms with Crippen LogP contribution in [0.3, 0.4) is 0 Å². The summed E-state index contributed by atoms with van der Waals surface area (Å²) in [5, 5.41) is 0. The number of aryl methyl sites for hydroxylation is 1. The molecule has 2 aromatic rings. The number of benzene rings is 2. The van der Waals surface area contributed by atoms with Crippen LogP contribution in [0.5, 0.6) is 0 Å². The molecule has 0 aliphatic rings. The molecule has 0 atom stereocenters. The SMILES string of the molecule is CC.CC.Cc1ccccc1.[CH3-].[Y].[c-]1ccccc1. The van der Waals surface area contributed by atoms with E-state index >= 15 is 0 Å². The average Bonchev–Trinajstić information content (AvgIpc) is 2.47. The Morgan fingerprint density at radius 2 is 1.05 bits per heavy atom. The number of rotatable bonds is 0. The minimum absolute atomic E-state index is 0. The van der Waals surface area contributed by atoms with Crippen molar-refractivity contribution in [1.82, 2.24) is 0 Å². The third-order valence-electron chi connectivity index (χ3n) is 1.55. The Kier molecular flexibility index (Phi) is 37.2. The zero-order chi connectivity index (χ0) is 13.4. The van der Waals surface area contributed by atoms with Crippen LogP contribution in [-0.4, -0.2) is 0 Å². The maximum absolute atomic E-state index is 2.89. The predicted octanol–water partition coefficient (Wildman–Crippen LogP) is 5.98. The van der Waals surface area contributed by atoms with Gasteiger partial charge in [-0.3, -0.25) is 0 Å². The Bertz CT molecular complexity index is 276. The minimum atomic E-state index is 0. The van der Waals surface area contributed by atoms with Gasteiger partial charge in [0.1, 0.15) is 0 Å². The van der Waals surface area contributed by atoms with Crippen LogP contribution in [0.4, 0.5) is 0 Å². The van der Waals surface area contributed by atoms with E-state index in [1.165, 1.54) is 5.56 Å². The van der Waals surface area contributed by atoms with Crippen molar-refractivity contribution >= 4 is 0 Å². The van der Waals surface area contributed by atoms with E-state index in [0.29, 0.717) is 0 Å². The van der Waals surface area contributed by atoms with E-state index < -0.39 is 0 Å². The van der Waals surface area contributed by atoms with Crippen LogP contribution in [0.25, 0.3) is 0 Å². The molecule has 105 valence electrons. The van der Waals surface area contributed by atoms with E-state index in [2.05, 4.69) is 25.1 Å². The van der Waals surface area contributed by atoms with Gasteiger partial charge in [-0.2, -0.15) is 36.4 Å². The summed E-state index contributed by atoms with van der Waals surface area (Å²) in [7, 11) is 0. The fraction of sp³-hybridized carbons (Fsp3) is 0.278. The molecule has 0 aliphatic carbocycles. The third-order valence-corrected chi connectivity index (χ3v) is 1.55. The second-order valence-electron chi connectivity index (χ2n) is 2.73. The monoisotopic (exact) mass is 333 g/mol. The maximum Gasteiger partial charge on any atom is 0 e. The molecule has 0 fully saturated rings. The average molecular weight is 333 g/mol. The Morgan fingerprint density at radius 3 is 1.21 bits per heavy atom. The van der Waals surface area contributed by atoms with Crippen LogP contribution in [-0.2, 0) is 32.7 Å². The molecular formula is C18H28Y-2. The second kappa shape index (κ2) is 26.2.